The first-order valence-electron chi connectivity index (χ1n) is 12.9. The van der Waals surface area contributed by atoms with E-state index in [2.05, 4.69) is 30.9 Å². The lowest BCUT2D eigenvalue weighted by Crippen LogP contribution is -2.59. The Morgan fingerprint density at radius 1 is 0.975 bits per heavy atom. The Bertz CT molecular complexity index is 1130. The number of rotatable bonds is 16. The van der Waals surface area contributed by atoms with Gasteiger partial charge in [0.1, 0.15) is 18.1 Å². The summed E-state index contributed by atoms with van der Waals surface area (Å²) in [6, 6.07) is 4.95. The van der Waals surface area contributed by atoms with Crippen LogP contribution in [-0.4, -0.2) is 75.4 Å². The predicted octanol–water partition coefficient (Wildman–Crippen LogP) is -1.23. The molecule has 3 amide bonds. The molecule has 0 bridgehead atoms. The molecule has 0 saturated heterocycles. The van der Waals surface area contributed by atoms with Crippen molar-refractivity contribution in [1.29, 1.82) is 0 Å². The fourth-order valence-corrected chi connectivity index (χ4v) is 3.88. The number of amides is 3. The van der Waals surface area contributed by atoms with Crippen LogP contribution in [0.3, 0.4) is 0 Å². The van der Waals surface area contributed by atoms with Gasteiger partial charge >= 0.3 is 5.97 Å². The van der Waals surface area contributed by atoms with Crippen LogP contribution in [0.4, 0.5) is 0 Å². The molecule has 4 atom stereocenters. The van der Waals surface area contributed by atoms with Crippen LogP contribution in [-0.2, 0) is 32.0 Å². The number of aliphatic carboxylic acids is 1. The van der Waals surface area contributed by atoms with Crippen LogP contribution in [0.25, 0.3) is 0 Å². The Balaban J connectivity index is 2.11. The number of carbonyl (C=O) groups is 4. The summed E-state index contributed by atoms with van der Waals surface area (Å²) in [7, 11) is 0. The Morgan fingerprint density at radius 2 is 1.65 bits per heavy atom. The number of nitrogens with zero attached hydrogens (tertiary/aromatic N) is 2. The Morgan fingerprint density at radius 3 is 2.23 bits per heavy atom. The van der Waals surface area contributed by atoms with E-state index in [0.717, 1.165) is 5.56 Å². The van der Waals surface area contributed by atoms with Crippen molar-refractivity contribution in [3.8, 4) is 0 Å². The molecule has 1 aromatic heterocycles. The number of aromatic amines is 1. The summed E-state index contributed by atoms with van der Waals surface area (Å²) in [5, 5.41) is 17.4. The number of carboxylic acid groups (broad SMARTS) is 1. The molecule has 11 N–H and O–H groups in total. The first-order chi connectivity index (χ1) is 19.0. The van der Waals surface area contributed by atoms with Gasteiger partial charge in [0.2, 0.25) is 17.7 Å². The number of H-pyrrole nitrogens is 1. The molecule has 14 heteroatoms. The minimum atomic E-state index is -1.25. The van der Waals surface area contributed by atoms with Gasteiger partial charge in [-0.15, -0.1) is 0 Å². The normalized spacial score (nSPS) is 13.9. The first-order valence-corrected chi connectivity index (χ1v) is 12.9. The highest BCUT2D eigenvalue weighted by Gasteiger charge is 2.32. The standard InChI is InChI=1S/C26H39N9O5/c1-15(2)21(35-22(36)18(27)11-16-7-4-3-5-8-16)24(38)34-20(12-17-13-30-14-32-17)23(37)33-19(25(39)40)9-6-10-31-26(28)29/h3-5,7-8,13-15,18-21H,6,9-12,27H2,1-2H3,(H,30,32)(H,33,37)(H,34,38)(H,35,36)(H,39,40)(H4,28,29,31). The van der Waals surface area contributed by atoms with Crippen molar-refractivity contribution in [2.24, 2.45) is 28.1 Å². The molecule has 0 fully saturated rings. The second-order valence-corrected chi connectivity index (χ2v) is 9.72. The van der Waals surface area contributed by atoms with Crippen molar-refractivity contribution in [1.82, 2.24) is 25.9 Å². The molecule has 0 aliphatic heterocycles. The number of hydrogen-bond donors (Lipinski definition) is 8. The smallest absolute Gasteiger partial charge is 0.326 e. The number of carbonyl (C=O) groups excluding carboxylic acids is 3. The summed E-state index contributed by atoms with van der Waals surface area (Å²) in [4.78, 5) is 61.7. The van der Waals surface area contributed by atoms with Gasteiger partial charge in [-0.2, -0.15) is 0 Å². The number of benzene rings is 1. The molecule has 0 aliphatic carbocycles. The highest BCUT2D eigenvalue weighted by atomic mass is 16.4. The zero-order valence-corrected chi connectivity index (χ0v) is 22.7. The first kappa shape index (κ1) is 31.8. The second-order valence-electron chi connectivity index (χ2n) is 9.72. The average Bonchev–Trinajstić information content (AvgIpc) is 3.41. The minimum Gasteiger partial charge on any atom is -0.480 e. The SMILES string of the molecule is CC(C)C(NC(=O)C(N)Cc1ccccc1)C(=O)NC(Cc1cnc[nH]1)C(=O)NC(CCCN=C(N)N)C(=O)O. The van der Waals surface area contributed by atoms with E-state index in [-0.39, 0.29) is 37.7 Å². The molecule has 4 unspecified atom stereocenters. The molecule has 0 radical (unpaired) electrons. The quantitative estimate of drug-likeness (QED) is 0.0698. The number of aromatic nitrogens is 2. The van der Waals surface area contributed by atoms with Gasteiger partial charge in [0.15, 0.2) is 5.96 Å². The molecule has 2 rings (SSSR count). The number of nitrogens with two attached hydrogens (primary N) is 3. The van der Waals surface area contributed by atoms with E-state index in [1.807, 2.05) is 30.3 Å². The van der Waals surface area contributed by atoms with E-state index in [4.69, 9.17) is 17.2 Å². The van der Waals surface area contributed by atoms with E-state index in [0.29, 0.717) is 12.1 Å². The molecular weight excluding hydrogens is 518 g/mol. The molecule has 1 heterocycles. The van der Waals surface area contributed by atoms with Gasteiger partial charge in [-0.1, -0.05) is 44.2 Å². The number of nitrogens with one attached hydrogen (secondary N) is 4. The topological polar surface area (TPSA) is 244 Å². The summed E-state index contributed by atoms with van der Waals surface area (Å²) in [5.74, 6) is -3.55. The summed E-state index contributed by atoms with van der Waals surface area (Å²) >= 11 is 0. The predicted molar refractivity (Wildman–Crippen MR) is 149 cm³/mol. The van der Waals surface area contributed by atoms with E-state index in [9.17, 15) is 24.3 Å². The van der Waals surface area contributed by atoms with Crippen LogP contribution in [0.2, 0.25) is 0 Å². The fraction of sp³-hybridized carbons (Fsp3) is 0.462. The Labute approximate surface area is 232 Å². The monoisotopic (exact) mass is 557 g/mol. The van der Waals surface area contributed by atoms with Gasteiger partial charge in [-0.3, -0.25) is 19.4 Å². The minimum absolute atomic E-state index is 0.00416. The van der Waals surface area contributed by atoms with Gasteiger partial charge in [0.25, 0.3) is 0 Å². The lowest BCUT2D eigenvalue weighted by Gasteiger charge is -2.27. The Kier molecular flexibility index (Phi) is 12.6. The van der Waals surface area contributed by atoms with Crippen LogP contribution < -0.4 is 33.2 Å². The van der Waals surface area contributed by atoms with Crippen LogP contribution in [0, 0.1) is 5.92 Å². The third-order valence-corrected chi connectivity index (χ3v) is 6.05. The van der Waals surface area contributed by atoms with Gasteiger partial charge in [0.05, 0.1) is 12.4 Å². The van der Waals surface area contributed by atoms with Gasteiger partial charge in [-0.05, 0) is 30.7 Å². The summed E-state index contributed by atoms with van der Waals surface area (Å²) in [6.07, 6.45) is 3.56. The molecule has 0 aliphatic rings. The number of carboxylic acids is 1. The zero-order chi connectivity index (χ0) is 29.7. The highest BCUT2D eigenvalue weighted by molar-refractivity contribution is 5.94. The molecule has 0 spiro atoms. The van der Waals surface area contributed by atoms with E-state index in [1.165, 1.54) is 12.5 Å². The van der Waals surface area contributed by atoms with Crippen LogP contribution in [0.15, 0.2) is 47.8 Å². The maximum Gasteiger partial charge on any atom is 0.326 e. The molecule has 40 heavy (non-hydrogen) atoms. The van der Waals surface area contributed by atoms with Crippen molar-refractivity contribution in [2.75, 3.05) is 6.54 Å². The maximum atomic E-state index is 13.3. The van der Waals surface area contributed by atoms with E-state index in [1.54, 1.807) is 13.8 Å². The number of aliphatic imine (C=N–C) groups is 1. The Hall–Kier alpha value is -4.46. The third-order valence-electron chi connectivity index (χ3n) is 6.05. The third kappa shape index (κ3) is 10.7. The largest absolute Gasteiger partial charge is 0.480 e. The van der Waals surface area contributed by atoms with Crippen molar-refractivity contribution >= 4 is 29.7 Å². The average molecular weight is 558 g/mol. The molecule has 1 aromatic carbocycles. The van der Waals surface area contributed by atoms with Gasteiger partial charge < -0.3 is 43.2 Å². The van der Waals surface area contributed by atoms with Gasteiger partial charge in [0, 0.05) is 24.9 Å². The van der Waals surface area contributed by atoms with E-state index < -0.39 is 47.9 Å². The number of guanidine groups is 1. The molecule has 0 saturated carbocycles. The lowest BCUT2D eigenvalue weighted by molar-refractivity contribution is -0.142. The van der Waals surface area contributed by atoms with Gasteiger partial charge in [-0.25, -0.2) is 9.78 Å². The second kappa shape index (κ2) is 15.8. The molecule has 14 nitrogen and oxygen atoms in total. The summed E-state index contributed by atoms with van der Waals surface area (Å²) in [6.45, 7) is 3.68. The van der Waals surface area contributed by atoms with Crippen molar-refractivity contribution < 1.29 is 24.3 Å². The fourth-order valence-electron chi connectivity index (χ4n) is 3.88. The van der Waals surface area contributed by atoms with Crippen LogP contribution in [0.5, 0.6) is 0 Å². The highest BCUT2D eigenvalue weighted by Crippen LogP contribution is 2.08. The van der Waals surface area contributed by atoms with Crippen LogP contribution in [0.1, 0.15) is 37.9 Å². The summed E-state index contributed by atoms with van der Waals surface area (Å²) < 4.78 is 0. The number of imidazole rings is 1. The van der Waals surface area contributed by atoms with Crippen molar-refractivity contribution in [3.63, 3.8) is 0 Å². The lowest BCUT2D eigenvalue weighted by atomic mass is 10.0. The number of hydrogen-bond acceptors (Lipinski definition) is 7. The molecule has 218 valence electrons. The molecule has 2 aromatic rings. The maximum absolute atomic E-state index is 13.3. The van der Waals surface area contributed by atoms with Crippen LogP contribution >= 0.6 is 0 Å². The van der Waals surface area contributed by atoms with Crippen molar-refractivity contribution in [2.45, 2.75) is 63.7 Å². The van der Waals surface area contributed by atoms with E-state index >= 15 is 0 Å². The molecular formula is C26H39N9O5. The van der Waals surface area contributed by atoms with Crippen molar-refractivity contribution in [3.05, 3.63) is 54.1 Å². The zero-order valence-electron chi connectivity index (χ0n) is 22.7. The summed E-state index contributed by atoms with van der Waals surface area (Å²) in [5.41, 5.74) is 18.1.